The number of nitro groups is 1. The van der Waals surface area contributed by atoms with Gasteiger partial charge in [0.05, 0.1) is 15.7 Å². The van der Waals surface area contributed by atoms with Gasteiger partial charge in [0, 0.05) is 12.6 Å². The summed E-state index contributed by atoms with van der Waals surface area (Å²) in [5.41, 5.74) is 4.82. The predicted molar refractivity (Wildman–Crippen MR) is 60.0 cm³/mol. The van der Waals surface area contributed by atoms with Crippen molar-refractivity contribution in [1.29, 1.82) is 0 Å². The van der Waals surface area contributed by atoms with E-state index >= 15 is 0 Å². The summed E-state index contributed by atoms with van der Waals surface area (Å²) in [4.78, 5) is 20.6. The molecule has 1 aromatic rings. The van der Waals surface area contributed by atoms with E-state index in [-0.39, 0.29) is 17.1 Å². The summed E-state index contributed by atoms with van der Waals surface area (Å²) in [7, 11) is -2.05. The highest BCUT2D eigenvalue weighted by Crippen LogP contribution is 2.23. The minimum absolute atomic E-state index is 0.129. The van der Waals surface area contributed by atoms with Crippen LogP contribution in [0.5, 0.6) is 0 Å². The lowest BCUT2D eigenvalue weighted by molar-refractivity contribution is -0.387. The average Bonchev–Trinajstić information content (AvgIpc) is 2.29. The van der Waals surface area contributed by atoms with Crippen molar-refractivity contribution in [3.63, 3.8) is 0 Å². The first-order chi connectivity index (χ1) is 7.99. The van der Waals surface area contributed by atoms with Crippen LogP contribution in [-0.4, -0.2) is 32.0 Å². The Bertz CT molecular complexity index is 476. The van der Waals surface area contributed by atoms with Crippen LogP contribution in [0.25, 0.3) is 0 Å². The molecule has 92 valence electrons. The number of hydrogen-bond donors (Lipinski definition) is 2. The second-order valence-electron chi connectivity index (χ2n) is 3.08. The van der Waals surface area contributed by atoms with Gasteiger partial charge in [-0.1, -0.05) is 12.1 Å². The topological polar surface area (TPSA) is 124 Å². The number of carboxylic acid groups (broad SMARTS) is 1. The van der Waals surface area contributed by atoms with E-state index in [9.17, 15) is 19.1 Å². The van der Waals surface area contributed by atoms with Gasteiger partial charge < -0.3 is 10.8 Å². The van der Waals surface area contributed by atoms with Gasteiger partial charge in [0.2, 0.25) is 0 Å². The van der Waals surface area contributed by atoms with Gasteiger partial charge in [0.25, 0.3) is 5.69 Å². The fourth-order valence-electron chi connectivity index (χ4n) is 1.21. The van der Waals surface area contributed by atoms with E-state index in [0.29, 0.717) is 0 Å². The van der Waals surface area contributed by atoms with Crippen LogP contribution < -0.4 is 5.73 Å². The predicted octanol–water partition coefficient (Wildman–Crippen LogP) is 0.114. The van der Waals surface area contributed by atoms with Crippen molar-refractivity contribution in [2.75, 3.05) is 6.54 Å². The quantitative estimate of drug-likeness (QED) is 0.570. The SMILES string of the molecule is NCC(C(=O)O)S(=O)c1ccccc1[N+](=O)[O-]. The highest BCUT2D eigenvalue weighted by molar-refractivity contribution is 7.86. The molecule has 0 radical (unpaired) electrons. The maximum atomic E-state index is 11.9. The summed E-state index contributed by atoms with van der Waals surface area (Å²) in [5, 5.41) is 18.1. The molecule has 1 aromatic carbocycles. The third kappa shape index (κ3) is 2.86. The van der Waals surface area contributed by atoms with Gasteiger partial charge in [0.15, 0.2) is 0 Å². The van der Waals surface area contributed by atoms with E-state index in [4.69, 9.17) is 10.8 Å². The average molecular weight is 258 g/mol. The van der Waals surface area contributed by atoms with Gasteiger partial charge in [-0.05, 0) is 6.07 Å². The molecule has 0 amide bonds. The molecular formula is C9H10N2O5S. The zero-order chi connectivity index (χ0) is 13.0. The van der Waals surface area contributed by atoms with E-state index in [2.05, 4.69) is 0 Å². The molecule has 0 heterocycles. The molecule has 0 bridgehead atoms. The number of aliphatic carboxylic acids is 1. The molecule has 1 rings (SSSR count). The summed E-state index contributed by atoms with van der Waals surface area (Å²) in [6.45, 7) is -0.353. The number of carbonyl (C=O) groups is 1. The molecule has 0 aliphatic carbocycles. The summed E-state index contributed by atoms with van der Waals surface area (Å²) < 4.78 is 11.9. The van der Waals surface area contributed by atoms with Crippen molar-refractivity contribution in [2.45, 2.75) is 10.1 Å². The standard InChI is InChI=1S/C9H10N2O5S/c10-5-8(9(12)13)17(16)7-4-2-1-3-6(7)11(14)15/h1-4,8H,5,10H2,(H,12,13). The normalized spacial score (nSPS) is 13.9. The van der Waals surface area contributed by atoms with Crippen LogP contribution in [-0.2, 0) is 15.6 Å². The Kier molecular flexibility index (Phi) is 4.30. The second-order valence-corrected chi connectivity index (χ2v) is 4.69. The summed E-state index contributed by atoms with van der Waals surface area (Å²) >= 11 is 0. The molecule has 0 aromatic heterocycles. The molecule has 0 aliphatic heterocycles. The lowest BCUT2D eigenvalue weighted by Gasteiger charge is -2.09. The van der Waals surface area contributed by atoms with E-state index in [1.165, 1.54) is 24.3 Å². The van der Waals surface area contributed by atoms with Crippen molar-refractivity contribution in [3.8, 4) is 0 Å². The van der Waals surface area contributed by atoms with Crippen LogP contribution in [0, 0.1) is 10.1 Å². The summed E-state index contributed by atoms with van der Waals surface area (Å²) in [6, 6.07) is 5.30. The minimum atomic E-state index is -2.05. The largest absolute Gasteiger partial charge is 0.480 e. The van der Waals surface area contributed by atoms with Gasteiger partial charge >= 0.3 is 5.97 Å². The monoisotopic (exact) mass is 258 g/mol. The smallest absolute Gasteiger partial charge is 0.320 e. The first-order valence-electron chi connectivity index (χ1n) is 4.56. The molecule has 0 saturated heterocycles. The molecule has 7 nitrogen and oxygen atoms in total. The fourth-order valence-corrected chi connectivity index (χ4v) is 2.44. The van der Waals surface area contributed by atoms with E-state index in [1.54, 1.807) is 0 Å². The number of benzene rings is 1. The van der Waals surface area contributed by atoms with Crippen LogP contribution in [0.4, 0.5) is 5.69 Å². The van der Waals surface area contributed by atoms with Crippen molar-refractivity contribution in [2.24, 2.45) is 5.73 Å². The fraction of sp³-hybridized carbons (Fsp3) is 0.222. The third-order valence-electron chi connectivity index (χ3n) is 2.03. The van der Waals surface area contributed by atoms with Crippen molar-refractivity contribution in [3.05, 3.63) is 34.4 Å². The Hall–Kier alpha value is -1.80. The zero-order valence-corrected chi connectivity index (χ0v) is 9.42. The van der Waals surface area contributed by atoms with Gasteiger partial charge in [-0.15, -0.1) is 0 Å². The molecule has 0 saturated carbocycles. The number of para-hydroxylation sites is 1. The zero-order valence-electron chi connectivity index (χ0n) is 8.61. The Morgan fingerprint density at radius 1 is 1.53 bits per heavy atom. The molecule has 2 atom stereocenters. The Morgan fingerprint density at radius 3 is 2.59 bits per heavy atom. The van der Waals surface area contributed by atoms with Gasteiger partial charge in [0.1, 0.15) is 10.1 Å². The highest BCUT2D eigenvalue weighted by atomic mass is 32.2. The first-order valence-corrected chi connectivity index (χ1v) is 5.77. The third-order valence-corrected chi connectivity index (χ3v) is 3.72. The number of nitrogens with two attached hydrogens (primary N) is 1. The number of carboxylic acids is 1. The van der Waals surface area contributed by atoms with Gasteiger partial charge in [-0.2, -0.15) is 0 Å². The Balaban J connectivity index is 3.20. The molecule has 0 aliphatic rings. The van der Waals surface area contributed by atoms with Crippen LogP contribution in [0.15, 0.2) is 29.2 Å². The molecule has 3 N–H and O–H groups in total. The number of nitrogens with zero attached hydrogens (tertiary/aromatic N) is 1. The van der Waals surface area contributed by atoms with Crippen LogP contribution >= 0.6 is 0 Å². The maximum Gasteiger partial charge on any atom is 0.320 e. The lowest BCUT2D eigenvalue weighted by atomic mass is 10.3. The first kappa shape index (κ1) is 13.3. The maximum absolute atomic E-state index is 11.9. The van der Waals surface area contributed by atoms with Crippen molar-refractivity contribution >= 4 is 22.5 Å². The van der Waals surface area contributed by atoms with Crippen LogP contribution in [0.1, 0.15) is 0 Å². The van der Waals surface area contributed by atoms with Gasteiger partial charge in [-0.3, -0.25) is 19.1 Å². The molecule has 0 spiro atoms. The molecular weight excluding hydrogens is 248 g/mol. The van der Waals surface area contributed by atoms with Crippen molar-refractivity contribution < 1.29 is 19.0 Å². The molecule has 2 unspecified atom stereocenters. The van der Waals surface area contributed by atoms with Crippen molar-refractivity contribution in [1.82, 2.24) is 0 Å². The van der Waals surface area contributed by atoms with E-state index in [1.807, 2.05) is 0 Å². The number of rotatable bonds is 5. The highest BCUT2D eigenvalue weighted by Gasteiger charge is 2.29. The van der Waals surface area contributed by atoms with Crippen LogP contribution in [0.3, 0.4) is 0 Å². The summed E-state index contributed by atoms with van der Waals surface area (Å²) in [5.74, 6) is -1.34. The molecule has 0 fully saturated rings. The lowest BCUT2D eigenvalue weighted by Crippen LogP contribution is -2.33. The second kappa shape index (κ2) is 5.51. The molecule has 8 heteroatoms. The van der Waals surface area contributed by atoms with E-state index in [0.717, 1.165) is 0 Å². The van der Waals surface area contributed by atoms with E-state index < -0.39 is 26.9 Å². The Labute approximate surface area is 98.8 Å². The van der Waals surface area contributed by atoms with Crippen LogP contribution in [0.2, 0.25) is 0 Å². The minimum Gasteiger partial charge on any atom is -0.480 e. The Morgan fingerprint density at radius 2 is 2.12 bits per heavy atom. The molecule has 17 heavy (non-hydrogen) atoms. The number of hydrogen-bond acceptors (Lipinski definition) is 5. The summed E-state index contributed by atoms with van der Waals surface area (Å²) in [6.07, 6.45) is 0. The number of nitro benzene ring substituents is 1. The van der Waals surface area contributed by atoms with Gasteiger partial charge in [-0.25, -0.2) is 0 Å².